The molecule has 1 N–H and O–H groups in total. The average molecular weight is 264 g/mol. The van der Waals surface area contributed by atoms with Crippen molar-refractivity contribution < 1.29 is 9.53 Å². The summed E-state index contributed by atoms with van der Waals surface area (Å²) in [6.45, 7) is 1.75. The molecule has 1 unspecified atom stereocenters. The summed E-state index contributed by atoms with van der Waals surface area (Å²) in [5, 5.41) is 10.8. The van der Waals surface area contributed by atoms with Crippen LogP contribution < -0.4 is 5.32 Å². The van der Waals surface area contributed by atoms with Gasteiger partial charge in [-0.05, 0) is 18.8 Å². The molecule has 19 heavy (non-hydrogen) atoms. The molecule has 3 rings (SSSR count). The number of aromatic nitrogens is 3. The van der Waals surface area contributed by atoms with Crippen molar-refractivity contribution >= 4 is 5.91 Å². The predicted molar refractivity (Wildman–Crippen MR) is 68.2 cm³/mol. The third-order valence-corrected chi connectivity index (χ3v) is 4.02. The van der Waals surface area contributed by atoms with Gasteiger partial charge < -0.3 is 10.1 Å². The van der Waals surface area contributed by atoms with Crippen LogP contribution in [-0.4, -0.2) is 33.5 Å². The molecule has 2 aliphatic rings. The van der Waals surface area contributed by atoms with Crippen LogP contribution >= 0.6 is 0 Å². The highest BCUT2D eigenvalue weighted by Crippen LogP contribution is 2.27. The fraction of sp³-hybridized carbons (Fsp3) is 0.769. The molecular formula is C13H20N4O2. The van der Waals surface area contributed by atoms with Crippen molar-refractivity contribution in [2.24, 2.45) is 5.92 Å². The van der Waals surface area contributed by atoms with Crippen molar-refractivity contribution in [1.29, 1.82) is 0 Å². The number of ether oxygens (including phenoxy) is 1. The van der Waals surface area contributed by atoms with Gasteiger partial charge in [0.25, 0.3) is 0 Å². The van der Waals surface area contributed by atoms with Crippen LogP contribution in [0.2, 0.25) is 0 Å². The Labute approximate surface area is 112 Å². The molecule has 0 saturated heterocycles. The van der Waals surface area contributed by atoms with E-state index in [0.29, 0.717) is 32.0 Å². The zero-order valence-electron chi connectivity index (χ0n) is 11.0. The monoisotopic (exact) mass is 264 g/mol. The summed E-state index contributed by atoms with van der Waals surface area (Å²) in [5.41, 5.74) is 0.994. The maximum atomic E-state index is 11.8. The molecule has 1 aromatic heterocycles. The van der Waals surface area contributed by atoms with Crippen LogP contribution in [0.5, 0.6) is 0 Å². The zero-order chi connectivity index (χ0) is 13.1. The molecule has 2 heterocycles. The Morgan fingerprint density at radius 3 is 3.16 bits per heavy atom. The van der Waals surface area contributed by atoms with Crippen molar-refractivity contribution in [1.82, 2.24) is 20.3 Å². The lowest BCUT2D eigenvalue weighted by Gasteiger charge is -2.23. The summed E-state index contributed by atoms with van der Waals surface area (Å²) >= 11 is 0. The first-order valence-corrected chi connectivity index (χ1v) is 7.07. The highest BCUT2D eigenvalue weighted by atomic mass is 16.5. The molecule has 6 nitrogen and oxygen atoms in total. The van der Waals surface area contributed by atoms with E-state index in [1.807, 2.05) is 4.68 Å². The summed E-state index contributed by atoms with van der Waals surface area (Å²) in [6, 6.07) is 0. The van der Waals surface area contributed by atoms with Gasteiger partial charge in [-0.15, -0.1) is 5.10 Å². The number of nitrogens with zero attached hydrogens (tertiary/aromatic N) is 3. The molecule has 0 spiro atoms. The van der Waals surface area contributed by atoms with E-state index < -0.39 is 0 Å². The number of carbonyl (C=O) groups excluding carboxylic acids is 1. The maximum Gasteiger partial charge on any atom is 0.220 e. The molecule has 1 aliphatic carbocycles. The van der Waals surface area contributed by atoms with Crippen molar-refractivity contribution in [3.8, 4) is 0 Å². The summed E-state index contributed by atoms with van der Waals surface area (Å²) in [5.74, 6) is 0.745. The minimum atomic E-state index is 0.00160. The van der Waals surface area contributed by atoms with E-state index in [0.717, 1.165) is 5.69 Å². The molecule has 6 heteroatoms. The second kappa shape index (κ2) is 5.69. The standard InChI is InChI=1S/C13H20N4O2/c18-13(5-10-3-1-2-4-10)14-7-12-8-17-11(9-19-12)6-15-16-17/h6,10,12H,1-5,7-9H2,(H,14,18). The molecule has 0 aromatic carbocycles. The van der Waals surface area contributed by atoms with E-state index >= 15 is 0 Å². The molecule has 0 radical (unpaired) electrons. The number of hydrogen-bond donors (Lipinski definition) is 1. The molecular weight excluding hydrogens is 244 g/mol. The fourth-order valence-electron chi connectivity index (χ4n) is 2.89. The molecule has 1 saturated carbocycles. The Balaban J connectivity index is 1.41. The van der Waals surface area contributed by atoms with Crippen LogP contribution in [-0.2, 0) is 22.7 Å². The lowest BCUT2D eigenvalue weighted by molar-refractivity contribution is -0.123. The van der Waals surface area contributed by atoms with Gasteiger partial charge in [-0.25, -0.2) is 4.68 Å². The van der Waals surface area contributed by atoms with Gasteiger partial charge in [-0.1, -0.05) is 18.1 Å². The molecule has 1 amide bonds. The second-order valence-corrected chi connectivity index (χ2v) is 5.50. The van der Waals surface area contributed by atoms with Crippen LogP contribution in [0.15, 0.2) is 6.20 Å². The summed E-state index contributed by atoms with van der Waals surface area (Å²) < 4.78 is 7.51. The minimum absolute atomic E-state index is 0.00160. The van der Waals surface area contributed by atoms with Crippen LogP contribution in [0.25, 0.3) is 0 Å². The normalized spacial score (nSPS) is 23.3. The smallest absolute Gasteiger partial charge is 0.220 e. The highest BCUT2D eigenvalue weighted by Gasteiger charge is 2.22. The Kier molecular flexibility index (Phi) is 3.77. The Hall–Kier alpha value is -1.43. The Morgan fingerprint density at radius 2 is 2.32 bits per heavy atom. The van der Waals surface area contributed by atoms with Gasteiger partial charge in [0, 0.05) is 13.0 Å². The summed E-state index contributed by atoms with van der Waals surface area (Å²) in [6.07, 6.45) is 7.35. The van der Waals surface area contributed by atoms with Crippen LogP contribution in [0.1, 0.15) is 37.8 Å². The minimum Gasteiger partial charge on any atom is -0.368 e. The van der Waals surface area contributed by atoms with E-state index in [4.69, 9.17) is 4.74 Å². The summed E-state index contributed by atoms with van der Waals surface area (Å²) in [4.78, 5) is 11.8. The van der Waals surface area contributed by atoms with E-state index in [-0.39, 0.29) is 12.0 Å². The van der Waals surface area contributed by atoms with Gasteiger partial charge in [0.1, 0.15) is 0 Å². The largest absolute Gasteiger partial charge is 0.368 e. The topological polar surface area (TPSA) is 69.0 Å². The van der Waals surface area contributed by atoms with Crippen LogP contribution in [0.4, 0.5) is 0 Å². The SMILES string of the molecule is O=C(CC1CCCC1)NCC1Cn2nncc2CO1. The molecule has 104 valence electrons. The molecule has 1 atom stereocenters. The van der Waals surface area contributed by atoms with Crippen LogP contribution in [0, 0.1) is 5.92 Å². The zero-order valence-corrected chi connectivity index (χ0v) is 11.0. The predicted octanol–water partition coefficient (Wildman–Crippen LogP) is 0.873. The number of nitrogens with one attached hydrogen (secondary N) is 1. The first-order valence-electron chi connectivity index (χ1n) is 7.07. The van der Waals surface area contributed by atoms with Crippen molar-refractivity contribution in [3.63, 3.8) is 0 Å². The van der Waals surface area contributed by atoms with Crippen molar-refractivity contribution in [2.45, 2.75) is 51.4 Å². The van der Waals surface area contributed by atoms with E-state index in [9.17, 15) is 4.79 Å². The number of rotatable bonds is 4. The summed E-state index contributed by atoms with van der Waals surface area (Å²) in [7, 11) is 0. The number of amides is 1. The van der Waals surface area contributed by atoms with Gasteiger partial charge in [-0.2, -0.15) is 0 Å². The third kappa shape index (κ3) is 3.12. The van der Waals surface area contributed by atoms with Crippen molar-refractivity contribution in [2.75, 3.05) is 6.54 Å². The van der Waals surface area contributed by atoms with E-state index in [1.165, 1.54) is 25.7 Å². The Morgan fingerprint density at radius 1 is 1.47 bits per heavy atom. The van der Waals surface area contributed by atoms with E-state index in [1.54, 1.807) is 6.20 Å². The average Bonchev–Trinajstić information content (AvgIpc) is 3.06. The number of hydrogen-bond acceptors (Lipinski definition) is 4. The van der Waals surface area contributed by atoms with Gasteiger partial charge in [0.2, 0.25) is 5.91 Å². The first kappa shape index (κ1) is 12.6. The molecule has 1 aromatic rings. The molecule has 0 bridgehead atoms. The number of carbonyl (C=O) groups is 1. The highest BCUT2D eigenvalue weighted by molar-refractivity contribution is 5.76. The van der Waals surface area contributed by atoms with Gasteiger partial charge in [-0.3, -0.25) is 4.79 Å². The molecule has 1 fully saturated rings. The van der Waals surface area contributed by atoms with Crippen LogP contribution in [0.3, 0.4) is 0 Å². The van der Waals surface area contributed by atoms with Gasteiger partial charge in [0.15, 0.2) is 0 Å². The maximum absolute atomic E-state index is 11.8. The molecule has 1 aliphatic heterocycles. The lowest BCUT2D eigenvalue weighted by Crippen LogP contribution is -2.39. The number of fused-ring (bicyclic) bond motifs is 1. The van der Waals surface area contributed by atoms with Crippen molar-refractivity contribution in [3.05, 3.63) is 11.9 Å². The lowest BCUT2D eigenvalue weighted by atomic mass is 10.0. The van der Waals surface area contributed by atoms with Gasteiger partial charge in [0.05, 0.1) is 31.1 Å². The van der Waals surface area contributed by atoms with E-state index in [2.05, 4.69) is 15.6 Å². The van der Waals surface area contributed by atoms with Gasteiger partial charge >= 0.3 is 0 Å². The fourth-order valence-corrected chi connectivity index (χ4v) is 2.89. The first-order chi connectivity index (χ1) is 9.31. The third-order valence-electron chi connectivity index (χ3n) is 4.02. The quantitative estimate of drug-likeness (QED) is 0.876. The Bertz CT molecular complexity index is 440. The second-order valence-electron chi connectivity index (χ2n) is 5.50.